The quantitative estimate of drug-likeness (QED) is 0.714. The average molecular weight is 342 g/mol. The summed E-state index contributed by atoms with van der Waals surface area (Å²) in [5.74, 6) is -0.317. The van der Waals surface area contributed by atoms with Gasteiger partial charge in [0, 0.05) is 18.1 Å². The number of carbonyl (C=O) groups is 1. The van der Waals surface area contributed by atoms with Crippen molar-refractivity contribution in [3.63, 3.8) is 0 Å². The number of hydrogen-bond acceptors (Lipinski definition) is 3. The van der Waals surface area contributed by atoms with Gasteiger partial charge in [0.05, 0.1) is 11.4 Å². The predicted octanol–water partition coefficient (Wildman–Crippen LogP) is 4.28. The first kappa shape index (κ1) is 16.3. The topological polar surface area (TPSA) is 50.5 Å². The van der Waals surface area contributed by atoms with Crippen molar-refractivity contribution in [2.24, 2.45) is 0 Å². The van der Waals surface area contributed by atoms with Crippen LogP contribution in [0.25, 0.3) is 11.0 Å². The highest BCUT2D eigenvalue weighted by atomic mass is 35.5. The molecule has 1 heterocycles. The largest absolute Gasteiger partial charge is 0.451 e. The third kappa shape index (κ3) is 3.05. The van der Waals surface area contributed by atoms with Crippen molar-refractivity contribution in [3.8, 4) is 0 Å². The van der Waals surface area contributed by atoms with E-state index >= 15 is 0 Å². The Bertz CT molecular complexity index is 947. The number of fused-ring (bicyclic) bond motifs is 1. The molecule has 0 aliphatic rings. The molecule has 1 atom stereocenters. The van der Waals surface area contributed by atoms with E-state index in [0.29, 0.717) is 16.0 Å². The molecule has 3 rings (SSSR count). The van der Waals surface area contributed by atoms with Gasteiger partial charge in [-0.2, -0.15) is 0 Å². The summed E-state index contributed by atoms with van der Waals surface area (Å²) >= 11 is 5.90. The summed E-state index contributed by atoms with van der Waals surface area (Å²) in [7, 11) is 1.68. The molecule has 122 valence electrons. The fourth-order valence-corrected chi connectivity index (χ4v) is 2.65. The van der Waals surface area contributed by atoms with E-state index in [1.54, 1.807) is 43.4 Å². The Morgan fingerprint density at radius 3 is 2.50 bits per heavy atom. The molecule has 0 aliphatic carbocycles. The SMILES string of the molecule is CC(c1ccc(Cl)cc1)N(C)C(=O)c1cc(=O)c2ccccc2o1. The fraction of sp³-hybridized carbons (Fsp3) is 0.158. The number of para-hydroxylation sites is 1. The number of benzene rings is 2. The summed E-state index contributed by atoms with van der Waals surface area (Å²) in [6.45, 7) is 1.90. The van der Waals surface area contributed by atoms with Crippen LogP contribution in [0.15, 0.2) is 63.8 Å². The van der Waals surface area contributed by atoms with E-state index in [1.165, 1.54) is 11.0 Å². The van der Waals surface area contributed by atoms with Crippen LogP contribution in [-0.2, 0) is 0 Å². The lowest BCUT2D eigenvalue weighted by Gasteiger charge is -2.24. The molecule has 0 spiro atoms. The van der Waals surface area contributed by atoms with E-state index < -0.39 is 0 Å². The zero-order valence-corrected chi connectivity index (χ0v) is 14.1. The highest BCUT2D eigenvalue weighted by Crippen LogP contribution is 2.23. The van der Waals surface area contributed by atoms with Crippen molar-refractivity contribution in [2.45, 2.75) is 13.0 Å². The lowest BCUT2D eigenvalue weighted by atomic mass is 10.1. The van der Waals surface area contributed by atoms with E-state index in [2.05, 4.69) is 0 Å². The number of amides is 1. The van der Waals surface area contributed by atoms with Crippen LogP contribution in [-0.4, -0.2) is 17.9 Å². The Kier molecular flexibility index (Phi) is 4.40. The maximum atomic E-state index is 12.7. The van der Waals surface area contributed by atoms with Crippen molar-refractivity contribution < 1.29 is 9.21 Å². The molecule has 1 amide bonds. The molecule has 1 aromatic heterocycles. The van der Waals surface area contributed by atoms with Gasteiger partial charge in [-0.05, 0) is 36.8 Å². The first-order valence-electron chi connectivity index (χ1n) is 7.53. The highest BCUT2D eigenvalue weighted by molar-refractivity contribution is 6.30. The second kappa shape index (κ2) is 6.49. The van der Waals surface area contributed by atoms with Crippen LogP contribution in [0.1, 0.15) is 29.1 Å². The lowest BCUT2D eigenvalue weighted by Crippen LogP contribution is -2.30. The molecule has 4 nitrogen and oxygen atoms in total. The van der Waals surface area contributed by atoms with Crippen LogP contribution < -0.4 is 5.43 Å². The smallest absolute Gasteiger partial charge is 0.289 e. The standard InChI is InChI=1S/C19H16ClNO3/c1-12(13-7-9-14(20)10-8-13)21(2)19(23)18-11-16(22)15-5-3-4-6-17(15)24-18/h3-12H,1-2H3. The Morgan fingerprint density at radius 1 is 1.12 bits per heavy atom. The number of halogens is 1. The summed E-state index contributed by atoms with van der Waals surface area (Å²) in [5.41, 5.74) is 1.12. The van der Waals surface area contributed by atoms with Gasteiger partial charge in [-0.25, -0.2) is 0 Å². The molecule has 2 aromatic carbocycles. The molecule has 1 unspecified atom stereocenters. The molecule has 24 heavy (non-hydrogen) atoms. The van der Waals surface area contributed by atoms with Crippen LogP contribution in [0.4, 0.5) is 0 Å². The summed E-state index contributed by atoms with van der Waals surface area (Å²) in [5, 5.41) is 1.10. The number of hydrogen-bond donors (Lipinski definition) is 0. The van der Waals surface area contributed by atoms with Gasteiger partial charge in [0.2, 0.25) is 0 Å². The normalized spacial score (nSPS) is 12.1. The predicted molar refractivity (Wildman–Crippen MR) is 94.4 cm³/mol. The van der Waals surface area contributed by atoms with Gasteiger partial charge in [-0.1, -0.05) is 35.9 Å². The summed E-state index contributed by atoms with van der Waals surface area (Å²) in [4.78, 5) is 26.4. The first-order chi connectivity index (χ1) is 11.5. The lowest BCUT2D eigenvalue weighted by molar-refractivity contribution is 0.0711. The second-order valence-electron chi connectivity index (χ2n) is 5.61. The molecule has 0 saturated heterocycles. The summed E-state index contributed by atoms with van der Waals surface area (Å²) in [6, 6.07) is 15.2. The monoisotopic (exact) mass is 341 g/mol. The third-order valence-electron chi connectivity index (χ3n) is 4.10. The molecular weight excluding hydrogens is 326 g/mol. The van der Waals surface area contributed by atoms with E-state index in [0.717, 1.165) is 5.56 Å². The van der Waals surface area contributed by atoms with Crippen LogP contribution >= 0.6 is 11.6 Å². The average Bonchev–Trinajstić information content (AvgIpc) is 2.60. The zero-order chi connectivity index (χ0) is 17.3. The number of rotatable bonds is 3. The highest BCUT2D eigenvalue weighted by Gasteiger charge is 2.22. The Labute approximate surface area is 144 Å². The van der Waals surface area contributed by atoms with Gasteiger partial charge in [0.25, 0.3) is 5.91 Å². The van der Waals surface area contributed by atoms with Crippen molar-refractivity contribution in [1.82, 2.24) is 4.90 Å². The molecule has 0 radical (unpaired) electrons. The maximum Gasteiger partial charge on any atom is 0.289 e. The van der Waals surface area contributed by atoms with Gasteiger partial charge >= 0.3 is 0 Å². The number of nitrogens with zero attached hydrogens (tertiary/aromatic N) is 1. The van der Waals surface area contributed by atoms with Crippen LogP contribution in [0.3, 0.4) is 0 Å². The molecule has 0 bridgehead atoms. The summed E-state index contributed by atoms with van der Waals surface area (Å²) in [6.07, 6.45) is 0. The molecule has 0 aliphatic heterocycles. The van der Waals surface area contributed by atoms with Crippen molar-refractivity contribution in [2.75, 3.05) is 7.05 Å². The van der Waals surface area contributed by atoms with Crippen LogP contribution in [0, 0.1) is 0 Å². The van der Waals surface area contributed by atoms with E-state index in [9.17, 15) is 9.59 Å². The van der Waals surface area contributed by atoms with Crippen LogP contribution in [0.5, 0.6) is 0 Å². The van der Waals surface area contributed by atoms with Crippen molar-refractivity contribution >= 4 is 28.5 Å². The van der Waals surface area contributed by atoms with Gasteiger partial charge < -0.3 is 9.32 Å². The molecule has 0 N–H and O–H groups in total. The molecule has 0 saturated carbocycles. The second-order valence-corrected chi connectivity index (χ2v) is 6.05. The maximum absolute atomic E-state index is 12.7. The molecule has 3 aromatic rings. The molecule has 0 fully saturated rings. The van der Waals surface area contributed by atoms with E-state index in [-0.39, 0.29) is 23.1 Å². The Balaban J connectivity index is 1.93. The van der Waals surface area contributed by atoms with Gasteiger partial charge in [-0.15, -0.1) is 0 Å². The molecule has 5 heteroatoms. The minimum Gasteiger partial charge on any atom is -0.451 e. The van der Waals surface area contributed by atoms with Gasteiger partial charge in [0.15, 0.2) is 11.2 Å². The Hall–Kier alpha value is -2.59. The Morgan fingerprint density at radius 2 is 1.79 bits per heavy atom. The summed E-state index contributed by atoms with van der Waals surface area (Å²) < 4.78 is 5.62. The third-order valence-corrected chi connectivity index (χ3v) is 4.35. The minimum atomic E-state index is -0.347. The van der Waals surface area contributed by atoms with Crippen LogP contribution in [0.2, 0.25) is 5.02 Å². The zero-order valence-electron chi connectivity index (χ0n) is 13.3. The minimum absolute atomic E-state index is 0.0296. The number of carbonyl (C=O) groups excluding carboxylic acids is 1. The van der Waals surface area contributed by atoms with Gasteiger partial charge in [0.1, 0.15) is 5.58 Å². The van der Waals surface area contributed by atoms with E-state index in [1.807, 2.05) is 19.1 Å². The van der Waals surface area contributed by atoms with Crippen molar-refractivity contribution in [3.05, 3.63) is 81.2 Å². The van der Waals surface area contributed by atoms with Crippen molar-refractivity contribution in [1.29, 1.82) is 0 Å². The van der Waals surface area contributed by atoms with E-state index in [4.69, 9.17) is 16.0 Å². The first-order valence-corrected chi connectivity index (χ1v) is 7.90. The fourth-order valence-electron chi connectivity index (χ4n) is 2.52. The molecular formula is C19H16ClNO3. The van der Waals surface area contributed by atoms with Gasteiger partial charge in [-0.3, -0.25) is 9.59 Å².